The average molecular weight is 394 g/mol. The molecule has 2 aromatic heterocycles. The van der Waals surface area contributed by atoms with E-state index in [0.717, 1.165) is 11.1 Å². The van der Waals surface area contributed by atoms with Crippen LogP contribution in [0.25, 0.3) is 28.6 Å². The maximum Gasteiger partial charge on any atom is 0.270 e. The van der Waals surface area contributed by atoms with Crippen molar-refractivity contribution in [3.05, 3.63) is 48.3 Å². The number of carbonyl (C=O) groups is 1. The minimum atomic E-state index is -0.0359. The van der Waals surface area contributed by atoms with Crippen molar-refractivity contribution in [1.82, 2.24) is 25.1 Å². The van der Waals surface area contributed by atoms with Crippen LogP contribution in [-0.4, -0.2) is 57.8 Å². The summed E-state index contributed by atoms with van der Waals surface area (Å²) in [5, 5.41) is 8.16. The Morgan fingerprint density at radius 2 is 2.07 bits per heavy atom. The van der Waals surface area contributed by atoms with E-state index in [-0.39, 0.29) is 25.6 Å². The number of anilines is 1. The van der Waals surface area contributed by atoms with E-state index in [9.17, 15) is 4.79 Å². The highest BCUT2D eigenvalue weighted by molar-refractivity contribution is 5.79. The Hall–Kier alpha value is -3.59. The van der Waals surface area contributed by atoms with Crippen molar-refractivity contribution in [2.75, 3.05) is 32.5 Å². The number of hydrogen-bond donors (Lipinski definition) is 1. The molecule has 0 spiro atoms. The predicted molar refractivity (Wildman–Crippen MR) is 108 cm³/mol. The highest BCUT2D eigenvalue weighted by Crippen LogP contribution is 2.28. The van der Waals surface area contributed by atoms with Gasteiger partial charge >= 0.3 is 0 Å². The second-order valence-corrected chi connectivity index (χ2v) is 6.52. The molecule has 2 N–H and O–H groups in total. The van der Waals surface area contributed by atoms with Crippen LogP contribution in [0, 0.1) is 0 Å². The van der Waals surface area contributed by atoms with Gasteiger partial charge in [-0.25, -0.2) is 9.97 Å². The zero-order valence-electron chi connectivity index (χ0n) is 15.9. The van der Waals surface area contributed by atoms with Crippen LogP contribution in [0.4, 0.5) is 5.82 Å². The summed E-state index contributed by atoms with van der Waals surface area (Å²) in [4.78, 5) is 22.5. The molecule has 1 aromatic carbocycles. The number of amides is 1. The monoisotopic (exact) mass is 394 g/mol. The maximum absolute atomic E-state index is 11.9. The lowest BCUT2D eigenvalue weighted by atomic mass is 10.0. The summed E-state index contributed by atoms with van der Waals surface area (Å²) < 4.78 is 10.7. The van der Waals surface area contributed by atoms with E-state index in [4.69, 9.17) is 14.9 Å². The third-order valence-corrected chi connectivity index (χ3v) is 4.61. The highest BCUT2D eigenvalue weighted by Gasteiger charge is 2.21. The molecule has 0 aliphatic carbocycles. The first-order chi connectivity index (χ1) is 14.2. The molecule has 150 valence electrons. The fourth-order valence-electron chi connectivity index (χ4n) is 3.07. The molecule has 3 aromatic rings. The molecule has 1 aliphatic rings. The molecule has 0 fully saturated rings. The van der Waals surface area contributed by atoms with Crippen molar-refractivity contribution in [2.45, 2.75) is 6.42 Å². The van der Waals surface area contributed by atoms with E-state index in [0.29, 0.717) is 36.8 Å². The minimum Gasteiger partial charge on any atom is -0.414 e. The fraction of sp³-hybridized carbons (Fsp3) is 0.250. The zero-order chi connectivity index (χ0) is 20.2. The lowest BCUT2D eigenvalue weighted by molar-refractivity contribution is -0.134. The predicted octanol–water partition coefficient (Wildman–Crippen LogP) is 2.28. The number of aromatic nitrogens is 4. The number of methoxy groups -OCH3 is 1. The summed E-state index contributed by atoms with van der Waals surface area (Å²) in [5.41, 5.74) is 8.82. The number of ether oxygens (including phenoxy) is 1. The number of carbonyl (C=O) groups excluding carboxylic acids is 1. The average Bonchev–Trinajstić information content (AvgIpc) is 3.25. The van der Waals surface area contributed by atoms with Crippen LogP contribution < -0.4 is 5.73 Å². The van der Waals surface area contributed by atoms with Crippen LogP contribution in [-0.2, 0) is 9.53 Å². The molecule has 9 heteroatoms. The van der Waals surface area contributed by atoms with Gasteiger partial charge in [0.05, 0.1) is 11.9 Å². The molecule has 0 saturated heterocycles. The Labute approximate surface area is 168 Å². The Kier molecular flexibility index (Phi) is 5.30. The molecule has 9 nitrogen and oxygen atoms in total. The fourth-order valence-corrected chi connectivity index (χ4v) is 3.07. The molecule has 0 atom stereocenters. The first-order valence-corrected chi connectivity index (χ1v) is 9.13. The van der Waals surface area contributed by atoms with Crippen molar-refractivity contribution in [3.8, 4) is 23.0 Å². The quantitative estimate of drug-likeness (QED) is 0.700. The van der Waals surface area contributed by atoms with Crippen molar-refractivity contribution in [3.63, 3.8) is 0 Å². The summed E-state index contributed by atoms with van der Waals surface area (Å²) in [6.45, 7) is 1.17. The first kappa shape index (κ1) is 18.8. The van der Waals surface area contributed by atoms with Crippen LogP contribution in [0.15, 0.2) is 47.0 Å². The normalized spacial score (nSPS) is 14.0. The SMILES string of the molecule is COCC(=O)N1CC=C(c2cnc(N)c(-c3nnc(-c4ccccc4)o3)n2)CC1.[HH]. The molecule has 0 unspecified atom stereocenters. The molecule has 29 heavy (non-hydrogen) atoms. The first-order valence-electron chi connectivity index (χ1n) is 9.13. The number of nitrogens with two attached hydrogens (primary N) is 1. The molecule has 0 bridgehead atoms. The van der Waals surface area contributed by atoms with Crippen molar-refractivity contribution in [2.24, 2.45) is 0 Å². The van der Waals surface area contributed by atoms with E-state index in [1.807, 2.05) is 36.4 Å². The topological polar surface area (TPSA) is 120 Å². The third-order valence-electron chi connectivity index (χ3n) is 4.61. The summed E-state index contributed by atoms with van der Waals surface area (Å²) in [6, 6.07) is 9.46. The van der Waals surface area contributed by atoms with Gasteiger partial charge in [0.15, 0.2) is 11.5 Å². The molecule has 1 aliphatic heterocycles. The molecule has 4 rings (SSSR count). The lowest BCUT2D eigenvalue weighted by Crippen LogP contribution is -2.37. The number of hydrogen-bond acceptors (Lipinski definition) is 8. The summed E-state index contributed by atoms with van der Waals surface area (Å²) in [6.07, 6.45) is 4.24. The van der Waals surface area contributed by atoms with E-state index in [1.165, 1.54) is 7.11 Å². The summed E-state index contributed by atoms with van der Waals surface area (Å²) in [5.74, 6) is 0.775. The smallest absolute Gasteiger partial charge is 0.270 e. The zero-order valence-corrected chi connectivity index (χ0v) is 15.9. The minimum absolute atomic E-state index is 0. The molecule has 0 saturated carbocycles. The van der Waals surface area contributed by atoms with Gasteiger partial charge in [-0.2, -0.15) is 0 Å². The molecular weight excluding hydrogens is 372 g/mol. The van der Waals surface area contributed by atoms with E-state index < -0.39 is 0 Å². The summed E-state index contributed by atoms with van der Waals surface area (Å²) >= 11 is 0. The van der Waals surface area contributed by atoms with E-state index in [1.54, 1.807) is 11.1 Å². The van der Waals surface area contributed by atoms with Gasteiger partial charge in [-0.1, -0.05) is 24.3 Å². The van der Waals surface area contributed by atoms with Crippen molar-refractivity contribution < 1.29 is 15.4 Å². The number of nitrogens with zero attached hydrogens (tertiary/aromatic N) is 5. The maximum atomic E-state index is 11.9. The van der Waals surface area contributed by atoms with Gasteiger partial charge in [-0.3, -0.25) is 4.79 Å². The van der Waals surface area contributed by atoms with Crippen molar-refractivity contribution >= 4 is 17.3 Å². The van der Waals surface area contributed by atoms with Crippen LogP contribution in [0.2, 0.25) is 0 Å². The Morgan fingerprint density at radius 3 is 2.79 bits per heavy atom. The molecule has 1 amide bonds. The van der Waals surface area contributed by atoms with Crippen LogP contribution >= 0.6 is 0 Å². The van der Waals surface area contributed by atoms with Gasteiger partial charge < -0.3 is 19.8 Å². The Morgan fingerprint density at radius 1 is 1.28 bits per heavy atom. The second kappa shape index (κ2) is 8.19. The highest BCUT2D eigenvalue weighted by atomic mass is 16.5. The van der Waals surface area contributed by atoms with E-state index >= 15 is 0 Å². The molecular formula is C20H22N6O3. The van der Waals surface area contributed by atoms with Gasteiger partial charge in [0.25, 0.3) is 5.89 Å². The van der Waals surface area contributed by atoms with Gasteiger partial charge in [0, 0.05) is 27.2 Å². The van der Waals surface area contributed by atoms with Gasteiger partial charge in [0.2, 0.25) is 11.8 Å². The van der Waals surface area contributed by atoms with Crippen LogP contribution in [0.5, 0.6) is 0 Å². The largest absolute Gasteiger partial charge is 0.414 e. The second-order valence-electron chi connectivity index (χ2n) is 6.52. The van der Waals surface area contributed by atoms with Crippen LogP contribution in [0.3, 0.4) is 0 Å². The molecule has 0 radical (unpaired) electrons. The van der Waals surface area contributed by atoms with Gasteiger partial charge in [0.1, 0.15) is 6.61 Å². The third kappa shape index (κ3) is 3.99. The number of benzene rings is 1. The van der Waals surface area contributed by atoms with Gasteiger partial charge in [-0.05, 0) is 24.1 Å². The van der Waals surface area contributed by atoms with Gasteiger partial charge in [-0.15, -0.1) is 10.2 Å². The number of rotatable bonds is 5. The lowest BCUT2D eigenvalue weighted by Gasteiger charge is -2.26. The van der Waals surface area contributed by atoms with Crippen LogP contribution in [0.1, 0.15) is 13.5 Å². The Bertz CT molecular complexity index is 1050. The Balaban J connectivity index is 0.00000256. The molecule has 3 heterocycles. The number of nitrogen functional groups attached to an aromatic ring is 1. The van der Waals surface area contributed by atoms with Crippen molar-refractivity contribution in [1.29, 1.82) is 0 Å². The standard InChI is InChI=1S/C20H20N6O3.H2/c1-28-12-16(27)26-9-7-13(8-10-26)15-11-22-18(21)17(23-15)20-25-24-19(29-20)14-5-3-2-4-6-14;/h2-7,11H,8-10,12H2,1H3,(H2,21,22);1H. The summed E-state index contributed by atoms with van der Waals surface area (Å²) in [7, 11) is 1.51. The van der Waals surface area contributed by atoms with E-state index in [2.05, 4.69) is 20.2 Å².